The van der Waals surface area contributed by atoms with Gasteiger partial charge in [0.15, 0.2) is 0 Å². The zero-order valence-electron chi connectivity index (χ0n) is 24.9. The van der Waals surface area contributed by atoms with Crippen LogP contribution >= 0.6 is 0 Å². The Balaban J connectivity index is 1.75. The molecule has 1 aliphatic carbocycles. The number of hydrogen-bond acceptors (Lipinski definition) is 5. The van der Waals surface area contributed by atoms with E-state index in [-0.39, 0.29) is 24.2 Å². The number of carbonyl (C=O) groups is 2. The quantitative estimate of drug-likeness (QED) is 0.327. The summed E-state index contributed by atoms with van der Waals surface area (Å²) in [5, 5.41) is 3.19. The van der Waals surface area contributed by atoms with Crippen molar-refractivity contribution in [3.63, 3.8) is 0 Å². The van der Waals surface area contributed by atoms with Crippen molar-refractivity contribution in [2.24, 2.45) is 0 Å². The number of methoxy groups -OCH3 is 1. The normalized spacial score (nSPS) is 14.3. The first-order chi connectivity index (χ1) is 20.0. The SMILES string of the molecule is COc1ccc(C)cc1N(CC(=O)N(Cc1ccc(C)cc1)[C@@H](Cc1ccccc1)C(=O)NC1CCCC1)S(C)(=O)=O. The molecule has 0 aliphatic heterocycles. The van der Waals surface area contributed by atoms with Crippen LogP contribution < -0.4 is 14.4 Å². The summed E-state index contributed by atoms with van der Waals surface area (Å²) in [6.45, 7) is 3.50. The molecule has 2 amide bonds. The molecule has 0 spiro atoms. The zero-order valence-corrected chi connectivity index (χ0v) is 25.7. The number of benzene rings is 3. The highest BCUT2D eigenvalue weighted by atomic mass is 32.2. The second-order valence-corrected chi connectivity index (χ2v) is 13.1. The second-order valence-electron chi connectivity index (χ2n) is 11.1. The molecule has 1 atom stereocenters. The lowest BCUT2D eigenvalue weighted by atomic mass is 10.0. The Labute approximate surface area is 249 Å². The molecule has 0 aromatic heterocycles. The van der Waals surface area contributed by atoms with Gasteiger partial charge in [0.1, 0.15) is 18.3 Å². The predicted molar refractivity (Wildman–Crippen MR) is 166 cm³/mol. The molecule has 1 saturated carbocycles. The summed E-state index contributed by atoms with van der Waals surface area (Å²) in [6, 6.07) is 21.8. The van der Waals surface area contributed by atoms with Crippen LogP contribution in [0.4, 0.5) is 5.69 Å². The average Bonchev–Trinajstić information content (AvgIpc) is 3.47. The number of carbonyl (C=O) groups excluding carboxylic acids is 2. The van der Waals surface area contributed by atoms with E-state index in [9.17, 15) is 18.0 Å². The van der Waals surface area contributed by atoms with Gasteiger partial charge in [0.05, 0.1) is 19.1 Å². The van der Waals surface area contributed by atoms with Crippen LogP contribution in [0, 0.1) is 13.8 Å². The van der Waals surface area contributed by atoms with Crippen LogP contribution in [-0.2, 0) is 32.6 Å². The number of sulfonamides is 1. The molecule has 0 radical (unpaired) electrons. The lowest BCUT2D eigenvalue weighted by Crippen LogP contribution is -2.54. The smallest absolute Gasteiger partial charge is 0.244 e. The third-order valence-corrected chi connectivity index (χ3v) is 8.85. The number of hydrogen-bond donors (Lipinski definition) is 1. The summed E-state index contributed by atoms with van der Waals surface area (Å²) in [4.78, 5) is 29.8. The van der Waals surface area contributed by atoms with Crippen molar-refractivity contribution in [2.45, 2.75) is 64.6 Å². The fourth-order valence-corrected chi connectivity index (χ4v) is 6.25. The molecule has 1 fully saturated rings. The Morgan fingerprint density at radius 1 is 0.929 bits per heavy atom. The van der Waals surface area contributed by atoms with Gasteiger partial charge in [-0.25, -0.2) is 8.42 Å². The number of rotatable bonds is 12. The first-order valence-electron chi connectivity index (χ1n) is 14.4. The van der Waals surface area contributed by atoms with Gasteiger partial charge in [-0.3, -0.25) is 13.9 Å². The minimum absolute atomic E-state index is 0.0659. The number of nitrogens with one attached hydrogen (secondary N) is 1. The molecule has 3 aromatic carbocycles. The molecule has 3 aromatic rings. The average molecular weight is 592 g/mol. The summed E-state index contributed by atoms with van der Waals surface area (Å²) in [5.74, 6) is -0.374. The lowest BCUT2D eigenvalue weighted by molar-refractivity contribution is -0.140. The highest BCUT2D eigenvalue weighted by Gasteiger charge is 2.34. The Hall–Kier alpha value is -3.85. The predicted octanol–water partition coefficient (Wildman–Crippen LogP) is 4.78. The van der Waals surface area contributed by atoms with Crippen LogP contribution in [0.1, 0.15) is 47.9 Å². The minimum atomic E-state index is -3.89. The van der Waals surface area contributed by atoms with Gasteiger partial charge in [-0.15, -0.1) is 0 Å². The maximum atomic E-state index is 14.3. The first-order valence-corrected chi connectivity index (χ1v) is 16.2. The van der Waals surface area contributed by atoms with Gasteiger partial charge in [0.2, 0.25) is 21.8 Å². The fraction of sp³-hybridized carbons (Fsp3) is 0.394. The van der Waals surface area contributed by atoms with Crippen molar-refractivity contribution in [3.05, 3.63) is 95.1 Å². The van der Waals surface area contributed by atoms with E-state index in [0.29, 0.717) is 12.2 Å². The van der Waals surface area contributed by atoms with Gasteiger partial charge in [-0.2, -0.15) is 0 Å². The van der Waals surface area contributed by atoms with Gasteiger partial charge in [-0.1, -0.05) is 79.1 Å². The fourth-order valence-electron chi connectivity index (χ4n) is 5.40. The molecule has 8 nitrogen and oxygen atoms in total. The molecule has 42 heavy (non-hydrogen) atoms. The van der Waals surface area contributed by atoms with Crippen LogP contribution in [-0.4, -0.2) is 57.1 Å². The summed E-state index contributed by atoms with van der Waals surface area (Å²) in [7, 11) is -2.43. The standard InChI is InChI=1S/C33H41N3O5S/c1-24-14-17-27(18-15-24)22-35(30(21-26-10-6-5-7-11-26)33(38)34-28-12-8-9-13-28)32(37)23-36(42(4,39)40)29-20-25(2)16-19-31(29)41-3/h5-7,10-11,14-20,28,30H,8-9,12-13,21-23H2,1-4H3,(H,34,38)/t30-/m0/s1. The van der Waals surface area contributed by atoms with Crippen molar-refractivity contribution in [3.8, 4) is 5.75 Å². The topological polar surface area (TPSA) is 96.0 Å². The maximum Gasteiger partial charge on any atom is 0.244 e. The van der Waals surface area contributed by atoms with Crippen molar-refractivity contribution >= 4 is 27.5 Å². The highest BCUT2D eigenvalue weighted by molar-refractivity contribution is 7.92. The molecule has 1 aliphatic rings. The first kappa shape index (κ1) is 31.1. The van der Waals surface area contributed by atoms with Crippen molar-refractivity contribution in [1.29, 1.82) is 0 Å². The van der Waals surface area contributed by atoms with Crippen LogP contribution in [0.15, 0.2) is 72.8 Å². The van der Waals surface area contributed by atoms with E-state index in [4.69, 9.17) is 4.74 Å². The molecular weight excluding hydrogens is 550 g/mol. The van der Waals surface area contributed by atoms with E-state index in [1.165, 1.54) is 12.0 Å². The molecule has 4 rings (SSSR count). The van der Waals surface area contributed by atoms with Gasteiger partial charge >= 0.3 is 0 Å². The molecule has 9 heteroatoms. The largest absolute Gasteiger partial charge is 0.495 e. The third kappa shape index (κ3) is 8.12. The van der Waals surface area contributed by atoms with E-state index in [2.05, 4.69) is 5.32 Å². The van der Waals surface area contributed by atoms with E-state index < -0.39 is 28.5 Å². The Kier molecular flexibility index (Phi) is 10.3. The number of anilines is 1. The molecule has 0 bridgehead atoms. The highest BCUT2D eigenvalue weighted by Crippen LogP contribution is 2.31. The number of ether oxygens (including phenoxy) is 1. The molecule has 0 unspecified atom stereocenters. The number of amides is 2. The zero-order chi connectivity index (χ0) is 30.3. The third-order valence-electron chi connectivity index (χ3n) is 7.73. The van der Waals surface area contributed by atoms with Crippen molar-refractivity contribution in [1.82, 2.24) is 10.2 Å². The Morgan fingerprint density at radius 3 is 2.19 bits per heavy atom. The molecule has 1 N–H and O–H groups in total. The van der Waals surface area contributed by atoms with E-state index in [1.807, 2.05) is 74.5 Å². The lowest BCUT2D eigenvalue weighted by Gasteiger charge is -2.34. The van der Waals surface area contributed by atoms with Crippen LogP contribution in [0.2, 0.25) is 0 Å². The summed E-state index contributed by atoms with van der Waals surface area (Å²) in [5.41, 5.74) is 3.93. The molecule has 224 valence electrons. The van der Waals surface area contributed by atoms with E-state index in [1.54, 1.807) is 12.1 Å². The van der Waals surface area contributed by atoms with E-state index in [0.717, 1.165) is 58.5 Å². The second kappa shape index (κ2) is 13.9. The van der Waals surface area contributed by atoms with Crippen LogP contribution in [0.5, 0.6) is 5.75 Å². The number of nitrogens with zero attached hydrogens (tertiary/aromatic N) is 2. The van der Waals surface area contributed by atoms with Crippen LogP contribution in [0.25, 0.3) is 0 Å². The summed E-state index contributed by atoms with van der Waals surface area (Å²) < 4.78 is 32.8. The summed E-state index contributed by atoms with van der Waals surface area (Å²) >= 11 is 0. The van der Waals surface area contributed by atoms with Crippen molar-refractivity contribution < 1.29 is 22.7 Å². The molecule has 0 saturated heterocycles. The van der Waals surface area contributed by atoms with Gasteiger partial charge in [-0.05, 0) is 55.5 Å². The Bertz CT molecular complexity index is 1470. The van der Waals surface area contributed by atoms with Gasteiger partial charge in [0, 0.05) is 19.0 Å². The summed E-state index contributed by atoms with van der Waals surface area (Å²) in [6.07, 6.45) is 5.30. The van der Waals surface area contributed by atoms with Gasteiger partial charge < -0.3 is 15.0 Å². The van der Waals surface area contributed by atoms with Crippen molar-refractivity contribution in [2.75, 3.05) is 24.2 Å². The van der Waals surface area contributed by atoms with Gasteiger partial charge in [0.25, 0.3) is 0 Å². The minimum Gasteiger partial charge on any atom is -0.495 e. The van der Waals surface area contributed by atoms with Crippen LogP contribution in [0.3, 0.4) is 0 Å². The molecule has 0 heterocycles. The molecular formula is C33H41N3O5S. The maximum absolute atomic E-state index is 14.3. The monoisotopic (exact) mass is 591 g/mol. The van der Waals surface area contributed by atoms with E-state index >= 15 is 0 Å². The Morgan fingerprint density at radius 2 is 1.57 bits per heavy atom. The number of aryl methyl sites for hydroxylation is 2.